The van der Waals surface area contributed by atoms with E-state index in [0.29, 0.717) is 0 Å². The van der Waals surface area contributed by atoms with E-state index in [-0.39, 0.29) is 0 Å². The highest BCUT2D eigenvalue weighted by Crippen LogP contribution is 2.25. The maximum absolute atomic E-state index is 3.89. The molecule has 14 heavy (non-hydrogen) atoms. The molecule has 1 aromatic rings. The van der Waals surface area contributed by atoms with Crippen molar-refractivity contribution in [3.63, 3.8) is 0 Å². The van der Waals surface area contributed by atoms with Gasteiger partial charge in [0.25, 0.3) is 0 Å². The second-order valence-corrected chi connectivity index (χ2v) is 5.02. The van der Waals surface area contributed by atoms with Gasteiger partial charge in [0.15, 0.2) is 0 Å². The number of aryl methyl sites for hydroxylation is 1. The molecule has 0 amide bonds. The van der Waals surface area contributed by atoms with Gasteiger partial charge in [-0.05, 0) is 18.6 Å². The van der Waals surface area contributed by atoms with Gasteiger partial charge in [-0.25, -0.2) is 0 Å². The third-order valence-corrected chi connectivity index (χ3v) is 3.91. The first-order chi connectivity index (χ1) is 6.86. The zero-order chi connectivity index (χ0) is 9.80. The Kier molecular flexibility index (Phi) is 3.42. The van der Waals surface area contributed by atoms with Crippen molar-refractivity contribution in [1.29, 1.82) is 0 Å². The molecule has 1 N–H and O–H groups in total. The van der Waals surface area contributed by atoms with Gasteiger partial charge in [0.1, 0.15) is 0 Å². The van der Waals surface area contributed by atoms with Crippen LogP contribution in [0.3, 0.4) is 0 Å². The lowest BCUT2D eigenvalue weighted by atomic mass is 10.2. The summed E-state index contributed by atoms with van der Waals surface area (Å²) < 4.78 is 1.81. The molecule has 4 nitrogen and oxygen atoms in total. The number of thioether (sulfide) groups is 1. The van der Waals surface area contributed by atoms with Crippen LogP contribution < -0.4 is 5.32 Å². The largest absolute Gasteiger partial charge is 0.310 e. The number of rotatable bonds is 4. The van der Waals surface area contributed by atoms with E-state index >= 15 is 0 Å². The molecule has 2 rings (SSSR count). The van der Waals surface area contributed by atoms with Crippen LogP contribution in [-0.2, 0) is 13.6 Å². The number of nitrogens with zero attached hydrogens (tertiary/aromatic N) is 3. The molecular formula is C9H16N4S. The van der Waals surface area contributed by atoms with Crippen LogP contribution in [0, 0.1) is 0 Å². The molecule has 2 heterocycles. The topological polar surface area (TPSA) is 42.7 Å². The van der Waals surface area contributed by atoms with Crippen molar-refractivity contribution in [3.8, 4) is 0 Å². The zero-order valence-corrected chi connectivity index (χ0v) is 9.26. The highest BCUT2D eigenvalue weighted by Gasteiger charge is 2.14. The molecule has 1 fully saturated rings. The normalized spacial score (nSPS) is 21.6. The average molecular weight is 212 g/mol. The number of aromatic nitrogens is 3. The summed E-state index contributed by atoms with van der Waals surface area (Å²) in [6.45, 7) is 1.98. The van der Waals surface area contributed by atoms with E-state index in [9.17, 15) is 0 Å². The number of nitrogens with one attached hydrogen (secondary N) is 1. The second-order valence-electron chi connectivity index (χ2n) is 3.61. The molecule has 1 unspecified atom stereocenters. The van der Waals surface area contributed by atoms with Crippen LogP contribution in [0.25, 0.3) is 0 Å². The Hall–Kier alpha value is -0.550. The highest BCUT2D eigenvalue weighted by atomic mass is 32.2. The Morgan fingerprint density at radius 2 is 2.64 bits per heavy atom. The summed E-state index contributed by atoms with van der Waals surface area (Å²) in [4.78, 5) is 0. The molecule has 0 bridgehead atoms. The summed E-state index contributed by atoms with van der Waals surface area (Å²) >= 11 is 2.08. The first kappa shape index (κ1) is 9.98. The average Bonchev–Trinajstić information content (AvgIpc) is 2.78. The lowest BCUT2D eigenvalue weighted by molar-refractivity contribution is 0.601. The van der Waals surface area contributed by atoms with Crippen LogP contribution in [0.5, 0.6) is 0 Å². The van der Waals surface area contributed by atoms with Gasteiger partial charge in [-0.1, -0.05) is 5.21 Å². The van der Waals surface area contributed by atoms with Gasteiger partial charge in [0, 0.05) is 25.4 Å². The molecule has 1 aliphatic rings. The smallest absolute Gasteiger partial charge is 0.0738 e. The second kappa shape index (κ2) is 4.79. The van der Waals surface area contributed by atoms with Crippen LogP contribution >= 0.6 is 11.8 Å². The van der Waals surface area contributed by atoms with Crippen molar-refractivity contribution in [1.82, 2.24) is 20.3 Å². The minimum atomic E-state index is 0.816. The fraction of sp³-hybridized carbons (Fsp3) is 0.778. The van der Waals surface area contributed by atoms with Gasteiger partial charge >= 0.3 is 0 Å². The van der Waals surface area contributed by atoms with Crippen LogP contribution in [-0.4, -0.2) is 32.5 Å². The van der Waals surface area contributed by atoms with E-state index in [1.807, 2.05) is 17.9 Å². The van der Waals surface area contributed by atoms with E-state index in [2.05, 4.69) is 27.4 Å². The third kappa shape index (κ3) is 2.48. The summed E-state index contributed by atoms with van der Waals surface area (Å²) in [6, 6.07) is 0. The molecule has 0 spiro atoms. The Labute approximate surface area is 88.4 Å². The Bertz CT molecular complexity index is 280. The van der Waals surface area contributed by atoms with Crippen molar-refractivity contribution in [2.24, 2.45) is 7.05 Å². The molecule has 1 saturated heterocycles. The maximum Gasteiger partial charge on any atom is 0.0738 e. The molecule has 5 heteroatoms. The first-order valence-electron chi connectivity index (χ1n) is 5.02. The van der Waals surface area contributed by atoms with Crippen LogP contribution in [0.15, 0.2) is 6.20 Å². The molecule has 0 aliphatic carbocycles. The number of hydrogen-bond acceptors (Lipinski definition) is 4. The minimum Gasteiger partial charge on any atom is -0.310 e. The predicted octanol–water partition coefficient (Wildman–Crippen LogP) is 0.800. The van der Waals surface area contributed by atoms with E-state index < -0.39 is 0 Å². The molecule has 0 radical (unpaired) electrons. The molecule has 1 aromatic heterocycles. The first-order valence-corrected chi connectivity index (χ1v) is 6.07. The lowest BCUT2D eigenvalue weighted by Crippen LogP contribution is -2.23. The predicted molar refractivity (Wildman–Crippen MR) is 58.2 cm³/mol. The molecule has 0 aromatic carbocycles. The standard InChI is InChI=1S/C9H16N4S/c1-13-8(6-11-12-13)5-10-7-9-3-2-4-14-9/h6,9-10H,2-5,7H2,1H3. The Balaban J connectivity index is 1.70. The van der Waals surface area contributed by atoms with Gasteiger partial charge in [-0.15, -0.1) is 5.10 Å². The number of hydrogen-bond donors (Lipinski definition) is 1. The van der Waals surface area contributed by atoms with Crippen LogP contribution in [0.4, 0.5) is 0 Å². The zero-order valence-electron chi connectivity index (χ0n) is 8.44. The Morgan fingerprint density at radius 3 is 3.29 bits per heavy atom. The van der Waals surface area contributed by atoms with E-state index in [1.165, 1.54) is 18.6 Å². The van der Waals surface area contributed by atoms with Crippen molar-refractivity contribution < 1.29 is 0 Å². The van der Waals surface area contributed by atoms with Gasteiger partial charge < -0.3 is 5.32 Å². The molecular weight excluding hydrogens is 196 g/mol. The third-order valence-electron chi connectivity index (χ3n) is 2.51. The van der Waals surface area contributed by atoms with Gasteiger partial charge in [-0.3, -0.25) is 4.68 Å². The van der Waals surface area contributed by atoms with Crippen molar-refractivity contribution in [2.45, 2.75) is 24.6 Å². The van der Waals surface area contributed by atoms with Gasteiger partial charge in [-0.2, -0.15) is 11.8 Å². The summed E-state index contributed by atoms with van der Waals surface area (Å²) in [7, 11) is 1.92. The fourth-order valence-corrected chi connectivity index (χ4v) is 2.87. The summed E-state index contributed by atoms with van der Waals surface area (Å²) in [6.07, 6.45) is 4.56. The Morgan fingerprint density at radius 1 is 1.71 bits per heavy atom. The van der Waals surface area contributed by atoms with Crippen molar-refractivity contribution in [3.05, 3.63) is 11.9 Å². The summed E-state index contributed by atoms with van der Waals surface area (Å²) in [5, 5.41) is 12.0. The van der Waals surface area contributed by atoms with E-state index in [1.54, 1.807) is 0 Å². The SMILES string of the molecule is Cn1nncc1CNCC1CCCS1. The molecule has 1 atom stereocenters. The highest BCUT2D eigenvalue weighted by molar-refractivity contribution is 8.00. The minimum absolute atomic E-state index is 0.816. The quantitative estimate of drug-likeness (QED) is 0.801. The summed E-state index contributed by atoms with van der Waals surface area (Å²) in [5.74, 6) is 1.33. The van der Waals surface area contributed by atoms with Gasteiger partial charge in [0.05, 0.1) is 11.9 Å². The molecule has 1 aliphatic heterocycles. The molecule has 0 saturated carbocycles. The monoisotopic (exact) mass is 212 g/mol. The lowest BCUT2D eigenvalue weighted by Gasteiger charge is -2.09. The maximum atomic E-state index is 3.89. The van der Waals surface area contributed by atoms with E-state index in [4.69, 9.17) is 0 Å². The van der Waals surface area contributed by atoms with Gasteiger partial charge in [0.2, 0.25) is 0 Å². The van der Waals surface area contributed by atoms with E-state index in [0.717, 1.165) is 24.0 Å². The van der Waals surface area contributed by atoms with Crippen molar-refractivity contribution in [2.75, 3.05) is 12.3 Å². The fourth-order valence-electron chi connectivity index (χ4n) is 1.64. The molecule has 78 valence electrons. The van der Waals surface area contributed by atoms with Crippen molar-refractivity contribution >= 4 is 11.8 Å². The summed E-state index contributed by atoms with van der Waals surface area (Å²) in [5.41, 5.74) is 1.15. The van der Waals surface area contributed by atoms with Crippen LogP contribution in [0.2, 0.25) is 0 Å². The van der Waals surface area contributed by atoms with Crippen LogP contribution in [0.1, 0.15) is 18.5 Å².